The molecule has 268 valence electrons. The van der Waals surface area contributed by atoms with Gasteiger partial charge in [0.2, 0.25) is 0 Å². The number of hydrogen-bond acceptors (Lipinski definition) is 11. The van der Waals surface area contributed by atoms with Crippen LogP contribution in [0.25, 0.3) is 5.65 Å². The summed E-state index contributed by atoms with van der Waals surface area (Å²) >= 11 is 0. The molecule has 0 saturated carbocycles. The number of methoxy groups -OCH3 is 2. The molecule has 2 aromatic heterocycles. The monoisotopic (exact) mass is 688 g/mol. The van der Waals surface area contributed by atoms with E-state index in [0.29, 0.717) is 76.0 Å². The minimum Gasteiger partial charge on any atom is -0.497 e. The fourth-order valence-electron chi connectivity index (χ4n) is 6.32. The van der Waals surface area contributed by atoms with Crippen molar-refractivity contribution in [3.05, 3.63) is 71.5 Å². The Bertz CT molecular complexity index is 1660. The van der Waals surface area contributed by atoms with E-state index in [2.05, 4.69) is 4.90 Å². The molecule has 2 fully saturated rings. The molecule has 2 aliphatic heterocycles. The molecule has 0 aliphatic carbocycles. The molecule has 2 unspecified atom stereocenters. The number of aliphatic hydroxyl groups is 1. The summed E-state index contributed by atoms with van der Waals surface area (Å²) < 4.78 is 29.8. The van der Waals surface area contributed by atoms with Crippen LogP contribution in [0.3, 0.4) is 0 Å². The number of carbonyl (C=O) groups excluding carboxylic acids is 1. The lowest BCUT2D eigenvalue weighted by Crippen LogP contribution is -2.42. The zero-order valence-electron chi connectivity index (χ0n) is 29.6. The highest BCUT2D eigenvalue weighted by Crippen LogP contribution is 2.34. The summed E-state index contributed by atoms with van der Waals surface area (Å²) in [6.07, 6.45) is 2.59. The fourth-order valence-corrected chi connectivity index (χ4v) is 6.32. The summed E-state index contributed by atoms with van der Waals surface area (Å²) in [4.78, 5) is 26.3. The average molecular weight is 689 g/mol. The van der Waals surface area contributed by atoms with E-state index in [1.807, 2.05) is 69.3 Å². The third-order valence-corrected chi connectivity index (χ3v) is 9.13. The van der Waals surface area contributed by atoms with E-state index in [0.717, 1.165) is 29.0 Å². The Morgan fingerprint density at radius 1 is 0.980 bits per heavy atom. The Kier molecular flexibility index (Phi) is 10.9. The first kappa shape index (κ1) is 35.2. The van der Waals surface area contributed by atoms with Crippen molar-refractivity contribution in [2.75, 3.05) is 52.0 Å². The molecule has 2 atom stereocenters. The molecule has 4 aromatic rings. The molecule has 2 saturated heterocycles. The molecule has 2 aliphatic rings. The van der Waals surface area contributed by atoms with Crippen LogP contribution in [-0.4, -0.2) is 88.4 Å². The first-order chi connectivity index (χ1) is 24.1. The maximum absolute atomic E-state index is 12.7. The molecular weight excluding hydrogens is 640 g/mol. The third kappa shape index (κ3) is 8.56. The van der Waals surface area contributed by atoms with Crippen LogP contribution in [0.2, 0.25) is 0 Å². The largest absolute Gasteiger partial charge is 0.497 e. The Morgan fingerprint density at radius 3 is 2.14 bits per heavy atom. The number of fused-ring (bicyclic) bond motifs is 1. The van der Waals surface area contributed by atoms with Crippen molar-refractivity contribution < 1.29 is 33.6 Å². The Balaban J connectivity index is 1.33. The van der Waals surface area contributed by atoms with Crippen LogP contribution in [0.1, 0.15) is 63.0 Å². The van der Waals surface area contributed by atoms with Crippen molar-refractivity contribution in [2.24, 2.45) is 11.8 Å². The number of ether oxygens (including phenoxy) is 5. The van der Waals surface area contributed by atoms with Gasteiger partial charge in [-0.1, -0.05) is 24.3 Å². The second kappa shape index (κ2) is 15.5. The molecule has 13 heteroatoms. The molecule has 0 spiro atoms. The Hall–Kier alpha value is -4.62. The highest BCUT2D eigenvalue weighted by Gasteiger charge is 2.33. The summed E-state index contributed by atoms with van der Waals surface area (Å²) in [7, 11) is 3.30. The molecular formula is C37H48N6O7. The van der Waals surface area contributed by atoms with Crippen molar-refractivity contribution in [3.63, 3.8) is 0 Å². The number of aliphatic hydroxyl groups excluding tert-OH is 1. The van der Waals surface area contributed by atoms with Gasteiger partial charge in [-0.05, 0) is 81.3 Å². The number of rotatable bonds is 12. The Morgan fingerprint density at radius 2 is 1.60 bits per heavy atom. The summed E-state index contributed by atoms with van der Waals surface area (Å²) in [5, 5.41) is 16.6. The van der Waals surface area contributed by atoms with Gasteiger partial charge in [-0.25, -0.2) is 14.3 Å². The van der Waals surface area contributed by atoms with Gasteiger partial charge in [-0.3, -0.25) is 0 Å². The van der Waals surface area contributed by atoms with Gasteiger partial charge < -0.3 is 38.6 Å². The van der Waals surface area contributed by atoms with Crippen LogP contribution in [0.5, 0.6) is 17.5 Å². The predicted octanol–water partition coefficient (Wildman–Crippen LogP) is 5.44. The van der Waals surface area contributed by atoms with Crippen LogP contribution in [-0.2, 0) is 22.6 Å². The minimum atomic E-state index is -0.874. The molecule has 13 nitrogen and oxygen atoms in total. The van der Waals surface area contributed by atoms with Crippen molar-refractivity contribution in [1.82, 2.24) is 24.5 Å². The number of aromatic nitrogens is 4. The number of amides is 1. The van der Waals surface area contributed by atoms with Crippen molar-refractivity contribution in [2.45, 2.75) is 64.8 Å². The van der Waals surface area contributed by atoms with Gasteiger partial charge in [0.1, 0.15) is 23.2 Å². The number of anilines is 1. The molecule has 0 bridgehead atoms. The topological polar surface area (TPSA) is 133 Å². The third-order valence-electron chi connectivity index (χ3n) is 9.13. The van der Waals surface area contributed by atoms with Crippen LogP contribution in [0.4, 0.5) is 10.6 Å². The predicted molar refractivity (Wildman–Crippen MR) is 187 cm³/mol. The molecule has 50 heavy (non-hydrogen) atoms. The second-order valence-corrected chi connectivity index (χ2v) is 14.0. The molecule has 2 aromatic carbocycles. The number of benzene rings is 2. The van der Waals surface area contributed by atoms with E-state index in [1.165, 1.54) is 0 Å². The number of nitrogens with zero attached hydrogens (tertiary/aromatic N) is 6. The first-order valence-electron chi connectivity index (χ1n) is 17.2. The molecule has 4 heterocycles. The number of imidazole rings is 1. The highest BCUT2D eigenvalue weighted by atomic mass is 16.6. The number of carbonyl (C=O) groups is 1. The van der Waals surface area contributed by atoms with Gasteiger partial charge >= 0.3 is 12.1 Å². The van der Waals surface area contributed by atoms with Gasteiger partial charge in [0.15, 0.2) is 11.5 Å². The highest BCUT2D eigenvalue weighted by molar-refractivity contribution is 5.68. The maximum Gasteiger partial charge on any atom is 0.410 e. The van der Waals surface area contributed by atoms with E-state index < -0.39 is 11.7 Å². The van der Waals surface area contributed by atoms with Crippen molar-refractivity contribution in [1.29, 1.82) is 0 Å². The molecule has 6 rings (SSSR count). The summed E-state index contributed by atoms with van der Waals surface area (Å²) in [5.74, 6) is 2.25. The number of hydrogen-bond donors (Lipinski definition) is 1. The molecule has 0 radical (unpaired) electrons. The zero-order valence-corrected chi connectivity index (χ0v) is 29.6. The zero-order chi connectivity index (χ0) is 35.3. The van der Waals surface area contributed by atoms with Gasteiger partial charge in [0, 0.05) is 38.7 Å². The van der Waals surface area contributed by atoms with Crippen LogP contribution >= 0.6 is 0 Å². The normalized spacial score (nSPS) is 17.5. The van der Waals surface area contributed by atoms with E-state index in [-0.39, 0.29) is 23.9 Å². The van der Waals surface area contributed by atoms with E-state index in [1.54, 1.807) is 29.8 Å². The van der Waals surface area contributed by atoms with Crippen LogP contribution < -0.4 is 19.1 Å². The van der Waals surface area contributed by atoms with Gasteiger partial charge in [-0.15, -0.1) is 5.10 Å². The van der Waals surface area contributed by atoms with Gasteiger partial charge in [0.05, 0.1) is 39.3 Å². The molecule has 1 amide bonds. The van der Waals surface area contributed by atoms with E-state index in [9.17, 15) is 9.90 Å². The standard InChI is InChI=1S/C37H48N6O7/c1-37(2,3)50-36(45)41-17-14-28(15-18-41)32(44)31-20-38-33-34(39-35(40-43(31)33)49-24-27-16-19-48-23-27)42(21-25-6-10-29(46-4)11-7-25)22-26-8-12-30(47-5)13-9-26/h6-13,20,27-28,32,44H,14-19,21-24H2,1-5H3. The SMILES string of the molecule is COc1ccc(CN(Cc2ccc(OC)cc2)c2nc(OCC3CCOC3)nn3c(C(O)C4CCN(C(=O)OC(C)(C)C)CC4)cnc23)cc1. The number of likely N-dealkylation sites (tertiary alicyclic amines) is 1. The fraction of sp³-hybridized carbons (Fsp3) is 0.514. The maximum atomic E-state index is 12.7. The summed E-state index contributed by atoms with van der Waals surface area (Å²) in [5.41, 5.74) is 2.57. The quantitative estimate of drug-likeness (QED) is 0.204. The van der Waals surface area contributed by atoms with Crippen molar-refractivity contribution in [3.8, 4) is 17.5 Å². The Labute approximate surface area is 293 Å². The molecule has 1 N–H and O–H groups in total. The van der Waals surface area contributed by atoms with E-state index >= 15 is 0 Å². The van der Waals surface area contributed by atoms with E-state index in [4.69, 9.17) is 38.8 Å². The second-order valence-electron chi connectivity index (χ2n) is 14.0. The summed E-state index contributed by atoms with van der Waals surface area (Å²) in [6.45, 7) is 9.32. The van der Waals surface area contributed by atoms with Crippen molar-refractivity contribution >= 4 is 17.6 Å². The lowest BCUT2D eigenvalue weighted by molar-refractivity contribution is 0.00687. The smallest absolute Gasteiger partial charge is 0.410 e. The lowest BCUT2D eigenvalue weighted by Gasteiger charge is -2.35. The first-order valence-corrected chi connectivity index (χ1v) is 17.2. The lowest BCUT2D eigenvalue weighted by atomic mass is 9.90. The van der Waals surface area contributed by atoms with Crippen LogP contribution in [0.15, 0.2) is 54.7 Å². The van der Waals surface area contributed by atoms with Gasteiger partial charge in [0.25, 0.3) is 0 Å². The minimum absolute atomic E-state index is 0.110. The number of piperidine rings is 1. The average Bonchev–Trinajstić information content (AvgIpc) is 3.80. The van der Waals surface area contributed by atoms with Crippen LogP contribution in [0, 0.1) is 11.8 Å². The summed E-state index contributed by atoms with van der Waals surface area (Å²) in [6, 6.07) is 16.1. The van der Waals surface area contributed by atoms with Gasteiger partial charge in [-0.2, -0.15) is 4.98 Å².